The lowest BCUT2D eigenvalue weighted by atomic mass is 10.1. The number of benzene rings is 1. The summed E-state index contributed by atoms with van der Waals surface area (Å²) in [6, 6.07) is 7.90. The van der Waals surface area contributed by atoms with Gasteiger partial charge in [0.25, 0.3) is 0 Å². The van der Waals surface area contributed by atoms with Crippen molar-refractivity contribution in [2.24, 2.45) is 0 Å². The molecular formula is C16H16N4O. The molecule has 21 heavy (non-hydrogen) atoms. The number of aryl methyl sites for hydroxylation is 1. The number of anilines is 1. The van der Waals surface area contributed by atoms with Gasteiger partial charge in [0, 0.05) is 17.8 Å². The summed E-state index contributed by atoms with van der Waals surface area (Å²) in [5, 5.41) is 5.45. The van der Waals surface area contributed by atoms with E-state index in [9.17, 15) is 0 Å². The van der Waals surface area contributed by atoms with Crippen molar-refractivity contribution >= 4 is 16.6 Å². The van der Waals surface area contributed by atoms with Crippen molar-refractivity contribution in [1.82, 2.24) is 15.0 Å². The lowest BCUT2D eigenvalue weighted by Crippen LogP contribution is -2.04. The predicted octanol–water partition coefficient (Wildman–Crippen LogP) is 2.95. The van der Waals surface area contributed by atoms with Crippen molar-refractivity contribution in [2.45, 2.75) is 13.5 Å². The van der Waals surface area contributed by atoms with Crippen LogP contribution in [0.2, 0.25) is 0 Å². The molecule has 0 unspecified atom stereocenters. The van der Waals surface area contributed by atoms with E-state index in [1.165, 1.54) is 0 Å². The topological polar surface area (TPSA) is 59.9 Å². The Labute approximate surface area is 123 Å². The first kappa shape index (κ1) is 13.3. The number of rotatable bonds is 4. The maximum absolute atomic E-state index is 5.24. The molecule has 0 amide bonds. The highest BCUT2D eigenvalue weighted by Crippen LogP contribution is 2.25. The van der Waals surface area contributed by atoms with Crippen molar-refractivity contribution in [3.8, 4) is 5.75 Å². The van der Waals surface area contributed by atoms with Gasteiger partial charge in [0.1, 0.15) is 11.6 Å². The van der Waals surface area contributed by atoms with Crippen LogP contribution >= 0.6 is 0 Å². The molecule has 1 aromatic carbocycles. The van der Waals surface area contributed by atoms with E-state index in [1.54, 1.807) is 25.7 Å². The van der Waals surface area contributed by atoms with Crippen LogP contribution in [0.25, 0.3) is 10.8 Å². The minimum atomic E-state index is 0.589. The second kappa shape index (κ2) is 5.75. The van der Waals surface area contributed by atoms with Gasteiger partial charge in [-0.15, -0.1) is 0 Å². The fourth-order valence-electron chi connectivity index (χ4n) is 2.11. The zero-order valence-electron chi connectivity index (χ0n) is 12.0. The van der Waals surface area contributed by atoms with Crippen molar-refractivity contribution in [1.29, 1.82) is 0 Å². The van der Waals surface area contributed by atoms with Gasteiger partial charge in [0.2, 0.25) is 0 Å². The van der Waals surface area contributed by atoms with Crippen LogP contribution in [0.15, 0.2) is 42.9 Å². The highest BCUT2D eigenvalue weighted by atomic mass is 16.5. The Morgan fingerprint density at radius 1 is 1.10 bits per heavy atom. The highest BCUT2D eigenvalue weighted by molar-refractivity contribution is 5.92. The van der Waals surface area contributed by atoms with E-state index >= 15 is 0 Å². The fraction of sp³-hybridized carbons (Fsp3) is 0.188. The van der Waals surface area contributed by atoms with Gasteiger partial charge in [-0.05, 0) is 36.6 Å². The Morgan fingerprint density at radius 3 is 2.76 bits per heavy atom. The number of methoxy groups -OCH3 is 1. The number of hydrogen-bond donors (Lipinski definition) is 1. The molecule has 0 fully saturated rings. The largest absolute Gasteiger partial charge is 0.497 e. The monoisotopic (exact) mass is 280 g/mol. The molecule has 0 bridgehead atoms. The van der Waals surface area contributed by atoms with Gasteiger partial charge in [-0.1, -0.05) is 0 Å². The molecule has 0 saturated heterocycles. The summed E-state index contributed by atoms with van der Waals surface area (Å²) in [7, 11) is 1.66. The van der Waals surface area contributed by atoms with E-state index < -0.39 is 0 Å². The van der Waals surface area contributed by atoms with Gasteiger partial charge in [0.05, 0.1) is 31.2 Å². The second-order valence-electron chi connectivity index (χ2n) is 4.75. The third-order valence-corrected chi connectivity index (χ3v) is 3.24. The lowest BCUT2D eigenvalue weighted by Gasteiger charge is -2.09. The molecule has 0 spiro atoms. The second-order valence-corrected chi connectivity index (χ2v) is 4.75. The molecule has 106 valence electrons. The zero-order chi connectivity index (χ0) is 14.7. The first-order valence-electron chi connectivity index (χ1n) is 6.70. The van der Waals surface area contributed by atoms with Crippen molar-refractivity contribution in [3.05, 3.63) is 54.2 Å². The number of aromatic nitrogens is 3. The van der Waals surface area contributed by atoms with Gasteiger partial charge in [-0.3, -0.25) is 9.97 Å². The molecule has 0 radical (unpaired) electrons. The average molecular weight is 280 g/mol. The molecular weight excluding hydrogens is 264 g/mol. The van der Waals surface area contributed by atoms with Gasteiger partial charge >= 0.3 is 0 Å². The summed E-state index contributed by atoms with van der Waals surface area (Å²) in [4.78, 5) is 13.0. The zero-order valence-corrected chi connectivity index (χ0v) is 12.0. The summed E-state index contributed by atoms with van der Waals surface area (Å²) in [6.07, 6.45) is 5.32. The van der Waals surface area contributed by atoms with E-state index in [0.29, 0.717) is 6.54 Å². The quantitative estimate of drug-likeness (QED) is 0.796. The van der Waals surface area contributed by atoms with Crippen LogP contribution in [-0.2, 0) is 6.54 Å². The fourth-order valence-corrected chi connectivity index (χ4v) is 2.11. The molecule has 2 aromatic heterocycles. The van der Waals surface area contributed by atoms with Crippen LogP contribution in [0.3, 0.4) is 0 Å². The molecule has 1 N–H and O–H groups in total. The highest BCUT2D eigenvalue weighted by Gasteiger charge is 2.04. The molecule has 5 nitrogen and oxygen atoms in total. The minimum absolute atomic E-state index is 0.589. The van der Waals surface area contributed by atoms with Gasteiger partial charge in [0.15, 0.2) is 0 Å². The van der Waals surface area contributed by atoms with Crippen LogP contribution in [0.4, 0.5) is 5.82 Å². The normalized spacial score (nSPS) is 10.6. The number of fused-ring (bicyclic) bond motifs is 1. The summed E-state index contributed by atoms with van der Waals surface area (Å²) in [5.74, 6) is 1.67. The number of nitrogens with zero attached hydrogens (tertiary/aromatic N) is 3. The standard InChI is InChI=1S/C16H16N4O/c1-11-8-19-13(9-18-11)10-20-16-15-4-3-14(21-2)7-12(15)5-6-17-16/h3-9H,10H2,1-2H3,(H,17,20). The van der Waals surface area contributed by atoms with E-state index in [1.807, 2.05) is 31.2 Å². The third-order valence-electron chi connectivity index (χ3n) is 3.24. The molecule has 2 heterocycles. The van der Waals surface area contributed by atoms with Gasteiger partial charge in [-0.25, -0.2) is 4.98 Å². The maximum atomic E-state index is 5.24. The minimum Gasteiger partial charge on any atom is -0.497 e. The van der Waals surface area contributed by atoms with Gasteiger partial charge in [-0.2, -0.15) is 0 Å². The summed E-state index contributed by atoms with van der Waals surface area (Å²) in [6.45, 7) is 2.51. The van der Waals surface area contributed by atoms with Gasteiger partial charge < -0.3 is 10.1 Å². The van der Waals surface area contributed by atoms with Crippen LogP contribution in [0, 0.1) is 6.92 Å². The Morgan fingerprint density at radius 2 is 2.00 bits per heavy atom. The predicted molar refractivity (Wildman–Crippen MR) is 82.4 cm³/mol. The molecule has 5 heteroatoms. The third kappa shape index (κ3) is 2.91. The van der Waals surface area contributed by atoms with E-state index in [4.69, 9.17) is 4.74 Å². The summed E-state index contributed by atoms with van der Waals surface area (Å²) < 4.78 is 5.24. The maximum Gasteiger partial charge on any atom is 0.134 e. The Hall–Kier alpha value is -2.69. The molecule has 3 rings (SSSR count). The molecule has 0 aliphatic heterocycles. The molecule has 0 aliphatic carbocycles. The Kier molecular flexibility index (Phi) is 3.64. The smallest absolute Gasteiger partial charge is 0.134 e. The SMILES string of the molecule is COc1ccc2c(NCc3cnc(C)cn3)nccc2c1. The lowest BCUT2D eigenvalue weighted by molar-refractivity contribution is 0.415. The van der Waals surface area contributed by atoms with Crippen LogP contribution in [-0.4, -0.2) is 22.1 Å². The molecule has 0 atom stereocenters. The van der Waals surface area contributed by atoms with Crippen LogP contribution < -0.4 is 10.1 Å². The van der Waals surface area contributed by atoms with Crippen molar-refractivity contribution in [2.75, 3.05) is 12.4 Å². The van der Waals surface area contributed by atoms with E-state index in [0.717, 1.165) is 33.7 Å². The van der Waals surface area contributed by atoms with Crippen molar-refractivity contribution in [3.63, 3.8) is 0 Å². The number of ether oxygens (including phenoxy) is 1. The number of pyridine rings is 1. The first-order chi connectivity index (χ1) is 10.3. The molecule has 0 saturated carbocycles. The van der Waals surface area contributed by atoms with Crippen LogP contribution in [0.1, 0.15) is 11.4 Å². The summed E-state index contributed by atoms with van der Waals surface area (Å²) >= 11 is 0. The number of nitrogens with one attached hydrogen (secondary N) is 1. The van der Waals surface area contributed by atoms with Crippen molar-refractivity contribution < 1.29 is 4.74 Å². The average Bonchev–Trinajstić information content (AvgIpc) is 2.53. The number of hydrogen-bond acceptors (Lipinski definition) is 5. The Bertz CT molecular complexity index is 756. The summed E-state index contributed by atoms with van der Waals surface area (Å²) in [5.41, 5.74) is 1.79. The Balaban J connectivity index is 1.85. The molecule has 0 aliphatic rings. The molecule has 3 aromatic rings. The van der Waals surface area contributed by atoms with Crippen LogP contribution in [0.5, 0.6) is 5.75 Å². The first-order valence-corrected chi connectivity index (χ1v) is 6.70. The van der Waals surface area contributed by atoms with E-state index in [2.05, 4.69) is 20.3 Å². The van der Waals surface area contributed by atoms with E-state index in [-0.39, 0.29) is 0 Å².